The summed E-state index contributed by atoms with van der Waals surface area (Å²) in [5, 5.41) is 0. The van der Waals surface area contributed by atoms with Crippen molar-refractivity contribution in [3.8, 4) is 22.6 Å². The molecule has 3 aromatic rings. The van der Waals surface area contributed by atoms with Crippen molar-refractivity contribution in [3.05, 3.63) is 65.4 Å². The Morgan fingerprint density at radius 2 is 1.85 bits per heavy atom. The van der Waals surface area contributed by atoms with Crippen molar-refractivity contribution in [3.63, 3.8) is 0 Å². The Morgan fingerprint density at radius 1 is 1.06 bits per heavy atom. The number of pyridine rings is 1. The number of aromatic nitrogens is 3. The van der Waals surface area contributed by atoms with E-state index in [2.05, 4.69) is 18.8 Å². The minimum atomic E-state index is -0.478. The zero-order valence-corrected chi connectivity index (χ0v) is 20.0. The predicted octanol–water partition coefficient (Wildman–Crippen LogP) is 5.65. The van der Waals surface area contributed by atoms with Gasteiger partial charge in [-0.05, 0) is 56.4 Å². The summed E-state index contributed by atoms with van der Waals surface area (Å²) in [5.41, 5.74) is 5.04. The summed E-state index contributed by atoms with van der Waals surface area (Å²) in [6, 6.07) is 10.9. The molecule has 6 heteroatoms. The van der Waals surface area contributed by atoms with Crippen LogP contribution in [0.3, 0.4) is 0 Å². The van der Waals surface area contributed by atoms with Crippen LogP contribution in [0.4, 0.5) is 4.39 Å². The largest absolute Gasteiger partial charge is 0.347 e. The van der Waals surface area contributed by atoms with Crippen molar-refractivity contribution in [2.45, 2.75) is 57.7 Å². The number of hydrogen-bond donors (Lipinski definition) is 0. The van der Waals surface area contributed by atoms with Gasteiger partial charge < -0.3 is 9.47 Å². The number of fused-ring (bicyclic) bond motifs is 3. The number of ether oxygens (including phenoxy) is 2. The first-order chi connectivity index (χ1) is 16.4. The normalized spacial score (nSPS) is 27.4. The monoisotopic (exact) mass is 459 g/mol. The van der Waals surface area contributed by atoms with Gasteiger partial charge in [-0.1, -0.05) is 26.0 Å². The fraction of sp³-hybridized carbons (Fsp3) is 0.464. The number of nitrogens with zero attached hydrogens (tertiary/aromatic N) is 3. The molecule has 1 saturated carbocycles. The van der Waals surface area contributed by atoms with Crippen LogP contribution in [0.25, 0.3) is 22.6 Å². The molecule has 1 spiro atoms. The Kier molecular flexibility index (Phi) is 5.08. The van der Waals surface area contributed by atoms with E-state index in [1.54, 1.807) is 12.3 Å². The highest BCUT2D eigenvalue weighted by Crippen LogP contribution is 2.57. The standard InChI is InChI=1S/C28H30FN3O2/c1-17-16-19(10-13-30-17)26-31-24(20-6-4-5-7-23(20)29)21-8-9-22-18(2)28(33-14-15-34-28)12-11-27(22,3)25(21)32-26/h4-7,10,13,16,18,22H,8-9,11-12,14-15H2,1-3H3/t18-,22-,27-/m1/s1. The van der Waals surface area contributed by atoms with Crippen LogP contribution in [0.1, 0.15) is 50.1 Å². The molecule has 2 aromatic heterocycles. The smallest absolute Gasteiger partial charge is 0.171 e. The molecule has 1 aromatic carbocycles. The summed E-state index contributed by atoms with van der Waals surface area (Å²) in [4.78, 5) is 14.5. The first-order valence-electron chi connectivity index (χ1n) is 12.3. The summed E-state index contributed by atoms with van der Waals surface area (Å²) in [6.07, 6.45) is 5.33. The van der Waals surface area contributed by atoms with Crippen molar-refractivity contribution < 1.29 is 13.9 Å². The van der Waals surface area contributed by atoms with Crippen molar-refractivity contribution >= 4 is 0 Å². The van der Waals surface area contributed by atoms with Gasteiger partial charge in [-0.15, -0.1) is 0 Å². The molecule has 3 heterocycles. The van der Waals surface area contributed by atoms with Gasteiger partial charge in [-0.2, -0.15) is 0 Å². The van der Waals surface area contributed by atoms with Crippen molar-refractivity contribution in [1.82, 2.24) is 15.0 Å². The van der Waals surface area contributed by atoms with Gasteiger partial charge in [0.25, 0.3) is 0 Å². The Balaban J connectivity index is 1.55. The van der Waals surface area contributed by atoms with Crippen LogP contribution in [0.5, 0.6) is 0 Å². The third kappa shape index (κ3) is 3.23. The zero-order chi connectivity index (χ0) is 23.5. The van der Waals surface area contributed by atoms with E-state index in [-0.39, 0.29) is 17.2 Å². The minimum Gasteiger partial charge on any atom is -0.347 e. The molecular formula is C28H30FN3O2. The molecule has 1 saturated heterocycles. The lowest BCUT2D eigenvalue weighted by molar-refractivity contribution is -0.234. The van der Waals surface area contributed by atoms with Crippen LogP contribution >= 0.6 is 0 Å². The van der Waals surface area contributed by atoms with Gasteiger partial charge >= 0.3 is 0 Å². The van der Waals surface area contributed by atoms with E-state index < -0.39 is 5.79 Å². The molecule has 176 valence electrons. The number of hydrogen-bond acceptors (Lipinski definition) is 5. The molecule has 0 amide bonds. The van der Waals surface area contributed by atoms with Crippen molar-refractivity contribution in [2.75, 3.05) is 13.2 Å². The quantitative estimate of drug-likeness (QED) is 0.496. The molecule has 0 N–H and O–H groups in total. The average Bonchev–Trinajstić information content (AvgIpc) is 3.32. The number of aryl methyl sites for hydroxylation is 1. The lowest BCUT2D eigenvalue weighted by atomic mass is 9.54. The Labute approximate surface area is 199 Å². The molecule has 0 radical (unpaired) electrons. The van der Waals surface area contributed by atoms with E-state index in [1.165, 1.54) is 6.07 Å². The molecule has 34 heavy (non-hydrogen) atoms. The molecule has 3 atom stereocenters. The van der Waals surface area contributed by atoms with E-state index in [1.807, 2.05) is 31.2 Å². The van der Waals surface area contributed by atoms with Crippen LogP contribution in [0.15, 0.2) is 42.6 Å². The fourth-order valence-electron chi connectivity index (χ4n) is 6.63. The van der Waals surface area contributed by atoms with Gasteiger partial charge in [0, 0.05) is 46.3 Å². The maximum absolute atomic E-state index is 15.0. The van der Waals surface area contributed by atoms with Crippen molar-refractivity contribution in [1.29, 1.82) is 0 Å². The second kappa shape index (κ2) is 7.92. The fourth-order valence-corrected chi connectivity index (χ4v) is 6.63. The first kappa shape index (κ1) is 21.8. The van der Waals surface area contributed by atoms with Gasteiger partial charge in [0.1, 0.15) is 5.82 Å². The van der Waals surface area contributed by atoms with E-state index in [9.17, 15) is 0 Å². The lowest BCUT2D eigenvalue weighted by Gasteiger charge is -2.54. The first-order valence-corrected chi connectivity index (χ1v) is 12.3. The molecule has 6 rings (SSSR count). The van der Waals surface area contributed by atoms with Gasteiger partial charge in [0.05, 0.1) is 24.6 Å². The predicted molar refractivity (Wildman–Crippen MR) is 128 cm³/mol. The molecule has 2 aliphatic carbocycles. The van der Waals surface area contributed by atoms with Gasteiger partial charge in [-0.3, -0.25) is 4.98 Å². The summed E-state index contributed by atoms with van der Waals surface area (Å²) in [6.45, 7) is 7.88. The van der Waals surface area contributed by atoms with Crippen LogP contribution in [0, 0.1) is 24.6 Å². The maximum Gasteiger partial charge on any atom is 0.171 e. The number of halogens is 1. The Bertz CT molecular complexity index is 1260. The molecule has 3 aliphatic rings. The zero-order valence-electron chi connectivity index (χ0n) is 20.0. The van der Waals surface area contributed by atoms with Crippen LogP contribution in [0.2, 0.25) is 0 Å². The van der Waals surface area contributed by atoms with E-state index in [0.717, 1.165) is 48.2 Å². The molecule has 0 unspecified atom stereocenters. The van der Waals surface area contributed by atoms with Gasteiger partial charge in [0.2, 0.25) is 0 Å². The van der Waals surface area contributed by atoms with E-state index >= 15 is 4.39 Å². The maximum atomic E-state index is 15.0. The summed E-state index contributed by atoms with van der Waals surface area (Å²) in [7, 11) is 0. The van der Waals surface area contributed by atoms with E-state index in [0.29, 0.717) is 36.2 Å². The number of rotatable bonds is 2. The Morgan fingerprint density at radius 3 is 2.62 bits per heavy atom. The molecule has 2 fully saturated rings. The second-order valence-corrected chi connectivity index (χ2v) is 10.2. The van der Waals surface area contributed by atoms with E-state index in [4.69, 9.17) is 19.4 Å². The third-order valence-electron chi connectivity index (χ3n) is 8.42. The highest BCUT2D eigenvalue weighted by atomic mass is 19.1. The number of benzene rings is 1. The molecule has 5 nitrogen and oxygen atoms in total. The summed E-state index contributed by atoms with van der Waals surface area (Å²) in [5.74, 6) is 0.512. The summed E-state index contributed by atoms with van der Waals surface area (Å²) < 4.78 is 27.4. The molecular weight excluding hydrogens is 429 g/mol. The SMILES string of the molecule is Cc1cc(-c2nc(-c3ccccc3F)c3c(n2)[C@]2(C)CCC4(OCCO4)[C@H](C)[C@H]2CC3)ccn1. The van der Waals surface area contributed by atoms with Crippen LogP contribution in [-0.4, -0.2) is 34.0 Å². The highest BCUT2D eigenvalue weighted by Gasteiger charge is 2.57. The second-order valence-electron chi connectivity index (χ2n) is 10.2. The van der Waals surface area contributed by atoms with Crippen LogP contribution < -0.4 is 0 Å². The van der Waals surface area contributed by atoms with Crippen LogP contribution in [-0.2, 0) is 21.3 Å². The average molecular weight is 460 g/mol. The van der Waals surface area contributed by atoms with Crippen molar-refractivity contribution in [2.24, 2.45) is 11.8 Å². The summed E-state index contributed by atoms with van der Waals surface area (Å²) >= 11 is 0. The molecule has 0 bridgehead atoms. The third-order valence-corrected chi connectivity index (χ3v) is 8.42. The van der Waals surface area contributed by atoms with Gasteiger partial charge in [0.15, 0.2) is 11.6 Å². The lowest BCUT2D eigenvalue weighted by Crippen LogP contribution is -2.55. The Hall–Kier alpha value is -2.70. The molecule has 1 aliphatic heterocycles. The minimum absolute atomic E-state index is 0.159. The highest BCUT2D eigenvalue weighted by molar-refractivity contribution is 5.69. The van der Waals surface area contributed by atoms with Gasteiger partial charge in [-0.25, -0.2) is 14.4 Å². The topological polar surface area (TPSA) is 57.1 Å².